The molecule has 1 aromatic rings. The molecule has 0 bridgehead atoms. The highest BCUT2D eigenvalue weighted by Gasteiger charge is 2.12. The van der Waals surface area contributed by atoms with Crippen LogP contribution in [0, 0.1) is 10.1 Å². The molecule has 1 aromatic carbocycles. The molecule has 22 heavy (non-hydrogen) atoms. The number of nitro benzene ring substituents is 1. The first-order valence-electron chi connectivity index (χ1n) is 6.45. The van der Waals surface area contributed by atoms with Gasteiger partial charge in [-0.1, -0.05) is 12.1 Å². The first kappa shape index (κ1) is 17.3. The molecule has 0 unspecified atom stereocenters. The molecule has 0 saturated heterocycles. The normalized spacial score (nSPS) is 10.9. The number of amides is 2. The smallest absolute Gasteiger partial charge is 0.270 e. The first-order valence-corrected chi connectivity index (χ1v) is 6.45. The molecule has 8 heteroatoms. The molecular formula is C14H17N3O5. The van der Waals surface area contributed by atoms with Crippen LogP contribution in [-0.4, -0.2) is 37.0 Å². The van der Waals surface area contributed by atoms with Crippen molar-refractivity contribution in [3.63, 3.8) is 0 Å². The molecule has 1 rings (SSSR count). The van der Waals surface area contributed by atoms with Gasteiger partial charge in [0.2, 0.25) is 5.91 Å². The molecule has 2 N–H and O–H groups in total. The third-order valence-corrected chi connectivity index (χ3v) is 2.54. The molecule has 0 saturated carbocycles. The summed E-state index contributed by atoms with van der Waals surface area (Å²) in [6, 6.07) is 5.74. The van der Waals surface area contributed by atoms with E-state index in [0.29, 0.717) is 12.2 Å². The van der Waals surface area contributed by atoms with Gasteiger partial charge in [-0.2, -0.15) is 0 Å². The lowest BCUT2D eigenvalue weighted by Gasteiger charge is -2.09. The van der Waals surface area contributed by atoms with E-state index in [1.54, 1.807) is 6.07 Å². The number of carbonyl (C=O) groups is 2. The van der Waals surface area contributed by atoms with Crippen LogP contribution in [0.5, 0.6) is 0 Å². The number of nitrogens with one attached hydrogen (secondary N) is 2. The Kier molecular flexibility index (Phi) is 6.71. The minimum Gasteiger partial charge on any atom is -0.383 e. The molecule has 118 valence electrons. The van der Waals surface area contributed by atoms with Crippen LogP contribution in [0.2, 0.25) is 0 Å². The third kappa shape index (κ3) is 5.71. The molecular weight excluding hydrogens is 290 g/mol. The van der Waals surface area contributed by atoms with Crippen LogP contribution >= 0.6 is 0 Å². The van der Waals surface area contributed by atoms with Gasteiger partial charge in [-0.3, -0.25) is 19.7 Å². The SMILES string of the molecule is COCCNC(=O)/C(=C\c1cccc([N+](=O)[O-])c1)NC(C)=O. The molecule has 0 aromatic heterocycles. The number of benzene rings is 1. The number of hydrogen-bond donors (Lipinski definition) is 2. The zero-order chi connectivity index (χ0) is 16.5. The Morgan fingerprint density at radius 1 is 1.41 bits per heavy atom. The summed E-state index contributed by atoms with van der Waals surface area (Å²) in [4.78, 5) is 33.4. The number of hydrogen-bond acceptors (Lipinski definition) is 5. The van der Waals surface area contributed by atoms with Crippen LogP contribution < -0.4 is 10.6 Å². The van der Waals surface area contributed by atoms with E-state index in [1.165, 1.54) is 38.3 Å². The molecule has 0 radical (unpaired) electrons. The predicted molar refractivity (Wildman–Crippen MR) is 79.8 cm³/mol. The lowest BCUT2D eigenvalue weighted by molar-refractivity contribution is -0.384. The molecule has 0 aliphatic carbocycles. The maximum absolute atomic E-state index is 12.0. The summed E-state index contributed by atoms with van der Waals surface area (Å²) in [7, 11) is 1.50. The highest BCUT2D eigenvalue weighted by Crippen LogP contribution is 2.15. The number of ether oxygens (including phenoxy) is 1. The fraction of sp³-hybridized carbons (Fsp3) is 0.286. The molecule has 0 fully saturated rings. The molecule has 0 aliphatic rings. The Balaban J connectivity index is 2.99. The summed E-state index contributed by atoms with van der Waals surface area (Å²) < 4.78 is 4.82. The van der Waals surface area contributed by atoms with Crippen molar-refractivity contribution in [1.29, 1.82) is 0 Å². The Morgan fingerprint density at radius 2 is 2.14 bits per heavy atom. The van der Waals surface area contributed by atoms with Gasteiger partial charge < -0.3 is 15.4 Å². The summed E-state index contributed by atoms with van der Waals surface area (Å²) in [6.07, 6.45) is 1.37. The minimum absolute atomic E-state index is 0.00380. The minimum atomic E-state index is -0.534. The van der Waals surface area contributed by atoms with E-state index in [-0.39, 0.29) is 17.9 Å². The summed E-state index contributed by atoms with van der Waals surface area (Å²) in [6.45, 7) is 1.88. The van der Waals surface area contributed by atoms with Crippen molar-refractivity contribution in [2.75, 3.05) is 20.3 Å². The highest BCUT2D eigenvalue weighted by molar-refractivity contribution is 6.00. The standard InChI is InChI=1S/C14H17N3O5/c1-10(18)16-13(14(19)15-6-7-22-2)9-11-4-3-5-12(8-11)17(20)21/h3-5,8-9H,6-7H2,1-2H3,(H,15,19)(H,16,18)/b13-9+. The van der Waals surface area contributed by atoms with Crippen LogP contribution in [0.15, 0.2) is 30.0 Å². The van der Waals surface area contributed by atoms with Gasteiger partial charge in [-0.25, -0.2) is 0 Å². The number of nitrogens with zero attached hydrogens (tertiary/aromatic N) is 1. The Hall–Kier alpha value is -2.74. The number of methoxy groups -OCH3 is 1. The second kappa shape index (κ2) is 8.53. The van der Waals surface area contributed by atoms with E-state index < -0.39 is 16.7 Å². The number of nitro groups is 1. The van der Waals surface area contributed by atoms with E-state index in [9.17, 15) is 19.7 Å². The van der Waals surface area contributed by atoms with Gasteiger partial charge in [-0.05, 0) is 11.6 Å². The number of rotatable bonds is 7. The summed E-state index contributed by atoms with van der Waals surface area (Å²) in [5.74, 6) is -0.919. The van der Waals surface area contributed by atoms with Crippen molar-refractivity contribution in [3.8, 4) is 0 Å². The molecule has 0 spiro atoms. The maximum Gasteiger partial charge on any atom is 0.270 e. The van der Waals surface area contributed by atoms with Crippen molar-refractivity contribution < 1.29 is 19.2 Å². The summed E-state index contributed by atoms with van der Waals surface area (Å²) in [5, 5.41) is 15.7. The summed E-state index contributed by atoms with van der Waals surface area (Å²) in [5.41, 5.74) is 0.333. The molecule has 0 atom stereocenters. The predicted octanol–water partition coefficient (Wildman–Crippen LogP) is 0.834. The second-order valence-electron chi connectivity index (χ2n) is 4.34. The van der Waals surface area contributed by atoms with E-state index in [1.807, 2.05) is 0 Å². The molecule has 2 amide bonds. The monoisotopic (exact) mass is 307 g/mol. The average Bonchev–Trinajstić information content (AvgIpc) is 2.46. The van der Waals surface area contributed by atoms with Gasteiger partial charge in [-0.15, -0.1) is 0 Å². The largest absolute Gasteiger partial charge is 0.383 e. The van der Waals surface area contributed by atoms with Crippen molar-refractivity contribution in [2.24, 2.45) is 0 Å². The second-order valence-corrected chi connectivity index (χ2v) is 4.34. The van der Waals surface area contributed by atoms with E-state index in [0.717, 1.165) is 0 Å². The first-order chi connectivity index (χ1) is 10.4. The van der Waals surface area contributed by atoms with Crippen LogP contribution in [0.25, 0.3) is 6.08 Å². The van der Waals surface area contributed by atoms with Crippen LogP contribution in [0.3, 0.4) is 0 Å². The average molecular weight is 307 g/mol. The maximum atomic E-state index is 12.0. The fourth-order valence-electron chi connectivity index (χ4n) is 1.60. The third-order valence-electron chi connectivity index (χ3n) is 2.54. The highest BCUT2D eigenvalue weighted by atomic mass is 16.6. The van der Waals surface area contributed by atoms with E-state index >= 15 is 0 Å². The lowest BCUT2D eigenvalue weighted by atomic mass is 10.1. The zero-order valence-corrected chi connectivity index (χ0v) is 12.3. The van der Waals surface area contributed by atoms with Crippen LogP contribution in [0.1, 0.15) is 12.5 Å². The van der Waals surface area contributed by atoms with Gasteiger partial charge >= 0.3 is 0 Å². The van der Waals surface area contributed by atoms with Gasteiger partial charge in [0.05, 0.1) is 11.5 Å². The number of carbonyl (C=O) groups excluding carboxylic acids is 2. The van der Waals surface area contributed by atoms with Gasteiger partial charge in [0.15, 0.2) is 0 Å². The fourth-order valence-corrected chi connectivity index (χ4v) is 1.60. The molecule has 0 aliphatic heterocycles. The van der Waals surface area contributed by atoms with Crippen molar-refractivity contribution in [2.45, 2.75) is 6.92 Å². The Morgan fingerprint density at radius 3 is 2.73 bits per heavy atom. The number of non-ortho nitro benzene ring substituents is 1. The van der Waals surface area contributed by atoms with E-state index in [4.69, 9.17) is 4.74 Å². The van der Waals surface area contributed by atoms with Gasteiger partial charge in [0, 0.05) is 32.7 Å². The topological polar surface area (TPSA) is 111 Å². The summed E-state index contributed by atoms with van der Waals surface area (Å²) >= 11 is 0. The van der Waals surface area contributed by atoms with Gasteiger partial charge in [0.1, 0.15) is 5.70 Å². The molecule has 8 nitrogen and oxygen atoms in total. The van der Waals surface area contributed by atoms with Crippen LogP contribution in [-0.2, 0) is 14.3 Å². The molecule has 0 heterocycles. The van der Waals surface area contributed by atoms with Gasteiger partial charge in [0.25, 0.3) is 11.6 Å². The zero-order valence-electron chi connectivity index (χ0n) is 12.3. The lowest BCUT2D eigenvalue weighted by Crippen LogP contribution is -2.35. The van der Waals surface area contributed by atoms with Crippen molar-refractivity contribution >= 4 is 23.6 Å². The van der Waals surface area contributed by atoms with Crippen LogP contribution in [0.4, 0.5) is 5.69 Å². The van der Waals surface area contributed by atoms with E-state index in [2.05, 4.69) is 10.6 Å². The Bertz CT molecular complexity index is 598. The Labute approximate surface area is 127 Å². The van der Waals surface area contributed by atoms with Crippen molar-refractivity contribution in [3.05, 3.63) is 45.6 Å². The van der Waals surface area contributed by atoms with Crippen molar-refractivity contribution in [1.82, 2.24) is 10.6 Å². The quantitative estimate of drug-likeness (QED) is 0.335.